The number of benzene rings is 4. The summed E-state index contributed by atoms with van der Waals surface area (Å²) in [5, 5.41) is 3.05. The molecule has 2 atom stereocenters. The van der Waals surface area contributed by atoms with Crippen LogP contribution in [-0.2, 0) is 6.42 Å². The molecular formula is C40H34N2S3. The Morgan fingerprint density at radius 1 is 0.822 bits per heavy atom. The quantitative estimate of drug-likeness (QED) is 0.148. The van der Waals surface area contributed by atoms with E-state index in [2.05, 4.69) is 127 Å². The monoisotopic (exact) mass is 638 g/mol. The lowest BCUT2D eigenvalue weighted by molar-refractivity contribution is 0.799. The van der Waals surface area contributed by atoms with E-state index in [1.54, 1.807) is 0 Å². The van der Waals surface area contributed by atoms with Crippen LogP contribution in [0.4, 0.5) is 0 Å². The Kier molecular flexibility index (Phi) is 8.41. The summed E-state index contributed by atoms with van der Waals surface area (Å²) in [5.41, 5.74) is 14.9. The standard InChI is InChI=1S/C40H32N2S2.H2S/c41-40(30-12-8-11-28(24-30)27-9-2-1-3-10-27)42-35(29-19-21-34-32-14-5-7-16-37(32)44-39(34)25-29)22-18-26-17-20-33-31-13-4-6-15-36(31)43-38(33)23-26;/h1-4,6,8-17,19-25,34,39H,5,7,18H2,(H2,41,42);1H2/b35-22-;. The number of thioether (sulfide) groups is 1. The van der Waals surface area contributed by atoms with E-state index in [0.29, 0.717) is 17.0 Å². The smallest absolute Gasteiger partial charge is 0.131 e. The molecule has 0 saturated carbocycles. The van der Waals surface area contributed by atoms with Crippen molar-refractivity contribution in [3.8, 4) is 11.1 Å². The molecule has 0 bridgehead atoms. The Bertz CT molecular complexity index is 2090. The number of allylic oxidation sites excluding steroid dienone is 6. The topological polar surface area (TPSA) is 38.4 Å². The van der Waals surface area contributed by atoms with E-state index in [9.17, 15) is 0 Å². The maximum atomic E-state index is 6.77. The third kappa shape index (κ3) is 5.88. The number of fused-ring (bicyclic) bond motifs is 6. The van der Waals surface area contributed by atoms with E-state index in [-0.39, 0.29) is 13.5 Å². The molecule has 5 heteroatoms. The van der Waals surface area contributed by atoms with Gasteiger partial charge in [0.1, 0.15) is 5.84 Å². The Balaban J connectivity index is 0.00000325. The van der Waals surface area contributed by atoms with Crippen LogP contribution in [0.25, 0.3) is 31.3 Å². The predicted molar refractivity (Wildman–Crippen MR) is 202 cm³/mol. The number of nitrogens with two attached hydrogens (primary N) is 1. The molecule has 0 spiro atoms. The zero-order valence-electron chi connectivity index (χ0n) is 24.8. The minimum Gasteiger partial charge on any atom is -0.383 e. The van der Waals surface area contributed by atoms with Gasteiger partial charge >= 0.3 is 0 Å². The van der Waals surface area contributed by atoms with Crippen LogP contribution in [0.5, 0.6) is 0 Å². The molecule has 2 N–H and O–H groups in total. The predicted octanol–water partition coefficient (Wildman–Crippen LogP) is 10.5. The lowest BCUT2D eigenvalue weighted by Gasteiger charge is -2.20. The van der Waals surface area contributed by atoms with Crippen LogP contribution in [0.15, 0.2) is 160 Å². The second-order valence-corrected chi connectivity index (χ2v) is 13.9. The highest BCUT2D eigenvalue weighted by atomic mass is 32.2. The first-order valence-corrected chi connectivity index (χ1v) is 17.0. The van der Waals surface area contributed by atoms with E-state index < -0.39 is 0 Å². The van der Waals surface area contributed by atoms with E-state index in [4.69, 9.17) is 10.7 Å². The lowest BCUT2D eigenvalue weighted by atomic mass is 9.86. The summed E-state index contributed by atoms with van der Waals surface area (Å²) in [4.78, 5) is 6.58. The minimum atomic E-state index is 0. The van der Waals surface area contributed by atoms with Crippen molar-refractivity contribution in [1.29, 1.82) is 0 Å². The van der Waals surface area contributed by atoms with Crippen molar-refractivity contribution in [1.82, 2.24) is 0 Å². The highest BCUT2D eigenvalue weighted by Crippen LogP contribution is 2.51. The molecule has 5 aromatic rings. The van der Waals surface area contributed by atoms with Crippen LogP contribution >= 0.6 is 36.6 Å². The first-order chi connectivity index (χ1) is 21.7. The van der Waals surface area contributed by atoms with Gasteiger partial charge in [-0.2, -0.15) is 13.5 Å². The lowest BCUT2D eigenvalue weighted by Crippen LogP contribution is -2.16. The second-order valence-electron chi connectivity index (χ2n) is 11.6. The average molecular weight is 639 g/mol. The van der Waals surface area contributed by atoms with Crippen LogP contribution in [0.3, 0.4) is 0 Å². The fourth-order valence-corrected chi connectivity index (χ4v) is 9.10. The zero-order chi connectivity index (χ0) is 29.5. The molecule has 1 saturated heterocycles. The van der Waals surface area contributed by atoms with Crippen molar-refractivity contribution in [2.75, 3.05) is 0 Å². The number of rotatable bonds is 6. The van der Waals surface area contributed by atoms with E-state index in [0.717, 1.165) is 41.7 Å². The molecule has 1 aromatic heterocycles. The summed E-state index contributed by atoms with van der Waals surface area (Å²) in [6.45, 7) is 0. The number of aliphatic imine (C=N–C) groups is 1. The molecule has 1 aliphatic heterocycles. The molecule has 0 amide bonds. The molecule has 2 aliphatic carbocycles. The van der Waals surface area contributed by atoms with Crippen molar-refractivity contribution < 1.29 is 0 Å². The van der Waals surface area contributed by atoms with Gasteiger partial charge < -0.3 is 5.73 Å². The van der Waals surface area contributed by atoms with Crippen molar-refractivity contribution in [2.45, 2.75) is 24.5 Å². The maximum absolute atomic E-state index is 6.77. The number of thiophene rings is 1. The zero-order valence-corrected chi connectivity index (χ0v) is 27.5. The Hall–Kier alpha value is -4.03. The SMILES string of the molecule is NC(=N/C(=C\Cc1ccc2c(c1)sc1ccccc12)C1=CC2SC3=CCCC=C3C2C=C1)c1cccc(-c2ccccc2)c1.S. The largest absolute Gasteiger partial charge is 0.383 e. The van der Waals surface area contributed by atoms with Gasteiger partial charge in [0.15, 0.2) is 0 Å². The molecule has 222 valence electrons. The summed E-state index contributed by atoms with van der Waals surface area (Å²) >= 11 is 3.85. The summed E-state index contributed by atoms with van der Waals surface area (Å²) in [7, 11) is 0. The number of hydrogen-bond acceptors (Lipinski definition) is 3. The minimum absolute atomic E-state index is 0. The Morgan fingerprint density at radius 3 is 2.53 bits per heavy atom. The second kappa shape index (κ2) is 12.8. The molecule has 2 unspecified atom stereocenters. The first-order valence-electron chi connectivity index (χ1n) is 15.3. The van der Waals surface area contributed by atoms with Gasteiger partial charge in [0, 0.05) is 41.8 Å². The van der Waals surface area contributed by atoms with Gasteiger partial charge in [-0.25, -0.2) is 4.99 Å². The van der Waals surface area contributed by atoms with Crippen LogP contribution < -0.4 is 5.73 Å². The number of amidine groups is 1. The third-order valence-electron chi connectivity index (χ3n) is 8.72. The fourth-order valence-electron chi connectivity index (χ4n) is 6.47. The summed E-state index contributed by atoms with van der Waals surface area (Å²) in [6.07, 6.45) is 17.2. The van der Waals surface area contributed by atoms with Crippen molar-refractivity contribution in [3.63, 3.8) is 0 Å². The molecule has 8 rings (SSSR count). The van der Waals surface area contributed by atoms with Crippen LogP contribution in [0, 0.1) is 5.92 Å². The number of hydrogen-bond donors (Lipinski definition) is 1. The first kappa shape index (κ1) is 29.7. The maximum Gasteiger partial charge on any atom is 0.131 e. The molecule has 2 nitrogen and oxygen atoms in total. The average Bonchev–Trinajstić information content (AvgIpc) is 3.64. The molecule has 45 heavy (non-hydrogen) atoms. The van der Waals surface area contributed by atoms with Crippen molar-refractivity contribution in [3.05, 3.63) is 166 Å². The normalized spacial score (nSPS) is 19.4. The highest BCUT2D eigenvalue weighted by molar-refractivity contribution is 8.04. The van der Waals surface area contributed by atoms with E-state index >= 15 is 0 Å². The van der Waals surface area contributed by atoms with Gasteiger partial charge in [0.25, 0.3) is 0 Å². The molecule has 4 aromatic carbocycles. The summed E-state index contributed by atoms with van der Waals surface area (Å²) < 4.78 is 2.66. The third-order valence-corrected chi connectivity index (χ3v) is 11.2. The molecule has 0 radical (unpaired) electrons. The van der Waals surface area contributed by atoms with Crippen LogP contribution in [0.2, 0.25) is 0 Å². The van der Waals surface area contributed by atoms with E-state index in [1.165, 1.54) is 41.8 Å². The van der Waals surface area contributed by atoms with Crippen LogP contribution in [-0.4, -0.2) is 11.1 Å². The fraction of sp³-hybridized carbons (Fsp3) is 0.125. The Morgan fingerprint density at radius 2 is 1.62 bits per heavy atom. The summed E-state index contributed by atoms with van der Waals surface area (Å²) in [5.74, 6) is 0.972. The van der Waals surface area contributed by atoms with E-state index in [1.807, 2.05) is 29.2 Å². The van der Waals surface area contributed by atoms with Gasteiger partial charge in [-0.3, -0.25) is 0 Å². The van der Waals surface area contributed by atoms with Gasteiger partial charge in [-0.1, -0.05) is 115 Å². The molecular weight excluding hydrogens is 605 g/mol. The Labute approximate surface area is 279 Å². The van der Waals surface area contributed by atoms with Crippen LogP contribution in [0.1, 0.15) is 24.0 Å². The van der Waals surface area contributed by atoms with Gasteiger partial charge in [-0.15, -0.1) is 23.1 Å². The highest BCUT2D eigenvalue weighted by Gasteiger charge is 2.35. The van der Waals surface area contributed by atoms with Crippen molar-refractivity contribution in [2.24, 2.45) is 16.6 Å². The van der Waals surface area contributed by atoms with Gasteiger partial charge in [0.05, 0.1) is 5.70 Å². The van der Waals surface area contributed by atoms with Gasteiger partial charge in [-0.05, 0) is 65.3 Å². The number of nitrogens with zero attached hydrogens (tertiary/aromatic N) is 1. The van der Waals surface area contributed by atoms with Crippen molar-refractivity contribution >= 4 is 62.6 Å². The molecule has 1 fully saturated rings. The molecule has 2 heterocycles. The van der Waals surface area contributed by atoms with Gasteiger partial charge in [0.2, 0.25) is 0 Å². The summed E-state index contributed by atoms with van der Waals surface area (Å²) in [6, 6.07) is 34.3. The molecule has 3 aliphatic rings.